The highest BCUT2D eigenvalue weighted by molar-refractivity contribution is 5.94. The van der Waals surface area contributed by atoms with Gasteiger partial charge in [-0.25, -0.2) is 0 Å². The van der Waals surface area contributed by atoms with E-state index in [0.717, 1.165) is 70.8 Å². The average molecular weight is 450 g/mol. The fourth-order valence-corrected chi connectivity index (χ4v) is 4.88. The van der Waals surface area contributed by atoms with Gasteiger partial charge in [0.25, 0.3) is 5.91 Å². The Balaban J connectivity index is 1.20. The molecular formula is C27H35N3O3. The summed E-state index contributed by atoms with van der Waals surface area (Å²) in [4.78, 5) is 32.1. The van der Waals surface area contributed by atoms with Gasteiger partial charge in [-0.1, -0.05) is 30.3 Å². The summed E-state index contributed by atoms with van der Waals surface area (Å²) in [6.45, 7) is 5.93. The predicted molar refractivity (Wildman–Crippen MR) is 129 cm³/mol. The van der Waals surface area contributed by atoms with Crippen molar-refractivity contribution in [3.05, 3.63) is 65.7 Å². The van der Waals surface area contributed by atoms with Crippen LogP contribution in [0.2, 0.25) is 0 Å². The first-order valence-corrected chi connectivity index (χ1v) is 12.1. The lowest BCUT2D eigenvalue weighted by molar-refractivity contribution is -0.133. The number of benzene rings is 2. The maximum atomic E-state index is 12.9. The standard InChI is InChI=1S/C27H35N3O3/c1-33-25-12-10-24(11-13-25)27(32)30-15-5-8-23(21-30)9-14-26(31)29-18-16-28(17-19-29)20-22-6-3-2-4-7-22/h2-4,6-7,10-13,23H,5,8-9,14-21H2,1H3/t23-/m0/s1. The number of hydrogen-bond acceptors (Lipinski definition) is 4. The number of nitrogens with zero attached hydrogens (tertiary/aromatic N) is 3. The molecule has 2 aliphatic rings. The Morgan fingerprint density at radius 1 is 0.909 bits per heavy atom. The zero-order valence-electron chi connectivity index (χ0n) is 19.6. The lowest BCUT2D eigenvalue weighted by Crippen LogP contribution is -2.48. The third-order valence-electron chi connectivity index (χ3n) is 6.88. The molecule has 0 radical (unpaired) electrons. The molecule has 2 heterocycles. The Bertz CT molecular complexity index is 908. The van der Waals surface area contributed by atoms with Crippen LogP contribution in [0.25, 0.3) is 0 Å². The van der Waals surface area contributed by atoms with Gasteiger partial charge in [0.15, 0.2) is 0 Å². The van der Waals surface area contributed by atoms with Crippen molar-refractivity contribution in [2.45, 2.75) is 32.2 Å². The van der Waals surface area contributed by atoms with Crippen LogP contribution in [0.15, 0.2) is 54.6 Å². The Labute approximate surface area is 197 Å². The minimum atomic E-state index is 0.0724. The molecule has 1 atom stereocenters. The van der Waals surface area contributed by atoms with Gasteiger partial charge in [-0.3, -0.25) is 14.5 Å². The van der Waals surface area contributed by atoms with E-state index in [-0.39, 0.29) is 11.8 Å². The molecule has 2 aromatic carbocycles. The largest absolute Gasteiger partial charge is 0.497 e. The number of ether oxygens (including phenoxy) is 1. The van der Waals surface area contributed by atoms with E-state index in [1.807, 2.05) is 40.1 Å². The van der Waals surface area contributed by atoms with Gasteiger partial charge in [-0.2, -0.15) is 0 Å². The zero-order chi connectivity index (χ0) is 23.0. The molecule has 4 rings (SSSR count). The number of rotatable bonds is 7. The first kappa shape index (κ1) is 23.3. The molecule has 0 unspecified atom stereocenters. The zero-order valence-corrected chi connectivity index (χ0v) is 19.6. The van der Waals surface area contributed by atoms with E-state index in [2.05, 4.69) is 29.2 Å². The van der Waals surface area contributed by atoms with Crippen LogP contribution in [0, 0.1) is 5.92 Å². The summed E-state index contributed by atoms with van der Waals surface area (Å²) in [7, 11) is 1.62. The smallest absolute Gasteiger partial charge is 0.253 e. The SMILES string of the molecule is COc1ccc(C(=O)N2CCC[C@@H](CCC(=O)N3CCN(Cc4ccccc4)CC3)C2)cc1. The lowest BCUT2D eigenvalue weighted by Gasteiger charge is -2.36. The lowest BCUT2D eigenvalue weighted by atomic mass is 9.92. The molecule has 0 spiro atoms. The van der Waals surface area contributed by atoms with E-state index in [4.69, 9.17) is 4.74 Å². The van der Waals surface area contributed by atoms with Crippen LogP contribution < -0.4 is 4.74 Å². The van der Waals surface area contributed by atoms with Crippen LogP contribution in [0.3, 0.4) is 0 Å². The van der Waals surface area contributed by atoms with E-state index >= 15 is 0 Å². The second kappa shape index (κ2) is 11.3. The van der Waals surface area contributed by atoms with Gasteiger partial charge in [0.05, 0.1) is 7.11 Å². The monoisotopic (exact) mass is 449 g/mol. The van der Waals surface area contributed by atoms with Crippen molar-refractivity contribution in [3.8, 4) is 5.75 Å². The maximum Gasteiger partial charge on any atom is 0.253 e. The van der Waals surface area contributed by atoms with E-state index in [1.54, 1.807) is 7.11 Å². The van der Waals surface area contributed by atoms with Gasteiger partial charge in [0, 0.05) is 57.8 Å². The van der Waals surface area contributed by atoms with Crippen molar-refractivity contribution < 1.29 is 14.3 Å². The molecule has 2 amide bonds. The highest BCUT2D eigenvalue weighted by Gasteiger charge is 2.26. The highest BCUT2D eigenvalue weighted by atomic mass is 16.5. The van der Waals surface area contributed by atoms with Gasteiger partial charge in [-0.15, -0.1) is 0 Å². The average Bonchev–Trinajstić information content (AvgIpc) is 2.88. The molecule has 6 nitrogen and oxygen atoms in total. The highest BCUT2D eigenvalue weighted by Crippen LogP contribution is 2.24. The number of piperidine rings is 1. The molecule has 0 bridgehead atoms. The van der Waals surface area contributed by atoms with Crippen LogP contribution in [0.4, 0.5) is 0 Å². The fraction of sp³-hybridized carbons (Fsp3) is 0.481. The Morgan fingerprint density at radius 3 is 2.33 bits per heavy atom. The summed E-state index contributed by atoms with van der Waals surface area (Å²) in [5.74, 6) is 1.47. The Hall–Kier alpha value is -2.86. The Kier molecular flexibility index (Phi) is 8.00. The number of amides is 2. The second-order valence-corrected chi connectivity index (χ2v) is 9.17. The first-order valence-electron chi connectivity index (χ1n) is 12.1. The summed E-state index contributed by atoms with van der Waals surface area (Å²) in [5, 5.41) is 0. The minimum Gasteiger partial charge on any atom is -0.497 e. The number of carbonyl (C=O) groups excluding carboxylic acids is 2. The molecule has 0 aromatic heterocycles. The number of likely N-dealkylation sites (tertiary alicyclic amines) is 1. The molecule has 2 aromatic rings. The summed E-state index contributed by atoms with van der Waals surface area (Å²) >= 11 is 0. The second-order valence-electron chi connectivity index (χ2n) is 9.17. The van der Waals surface area contributed by atoms with E-state index in [0.29, 0.717) is 17.9 Å². The van der Waals surface area contributed by atoms with Crippen LogP contribution in [-0.4, -0.2) is 72.9 Å². The molecule has 176 valence electrons. The van der Waals surface area contributed by atoms with Crippen molar-refractivity contribution >= 4 is 11.8 Å². The molecular weight excluding hydrogens is 414 g/mol. The van der Waals surface area contributed by atoms with Crippen LogP contribution in [-0.2, 0) is 11.3 Å². The molecule has 2 aliphatic heterocycles. The fourth-order valence-electron chi connectivity index (χ4n) is 4.88. The van der Waals surface area contributed by atoms with Gasteiger partial charge in [0.1, 0.15) is 5.75 Å². The van der Waals surface area contributed by atoms with Crippen LogP contribution >= 0.6 is 0 Å². The summed E-state index contributed by atoms with van der Waals surface area (Å²) in [6.07, 6.45) is 3.52. The Morgan fingerprint density at radius 2 is 1.64 bits per heavy atom. The quantitative estimate of drug-likeness (QED) is 0.647. The number of piperazine rings is 1. The van der Waals surface area contributed by atoms with Crippen molar-refractivity contribution in [2.24, 2.45) is 5.92 Å². The predicted octanol–water partition coefficient (Wildman–Crippen LogP) is 3.67. The van der Waals surface area contributed by atoms with Crippen molar-refractivity contribution in [2.75, 3.05) is 46.4 Å². The van der Waals surface area contributed by atoms with E-state index in [9.17, 15) is 9.59 Å². The van der Waals surface area contributed by atoms with Gasteiger partial charge in [-0.05, 0) is 55.0 Å². The maximum absolute atomic E-state index is 12.9. The minimum absolute atomic E-state index is 0.0724. The van der Waals surface area contributed by atoms with E-state index < -0.39 is 0 Å². The van der Waals surface area contributed by atoms with Gasteiger partial charge < -0.3 is 14.5 Å². The number of hydrogen-bond donors (Lipinski definition) is 0. The van der Waals surface area contributed by atoms with Crippen molar-refractivity contribution in [1.29, 1.82) is 0 Å². The van der Waals surface area contributed by atoms with Gasteiger partial charge >= 0.3 is 0 Å². The van der Waals surface area contributed by atoms with Crippen molar-refractivity contribution in [3.63, 3.8) is 0 Å². The summed E-state index contributed by atoms with van der Waals surface area (Å²) in [5.41, 5.74) is 2.02. The summed E-state index contributed by atoms with van der Waals surface area (Å²) < 4.78 is 5.18. The topological polar surface area (TPSA) is 53.1 Å². The third-order valence-corrected chi connectivity index (χ3v) is 6.88. The summed E-state index contributed by atoms with van der Waals surface area (Å²) in [6, 6.07) is 17.8. The van der Waals surface area contributed by atoms with Crippen LogP contribution in [0.1, 0.15) is 41.6 Å². The number of carbonyl (C=O) groups is 2. The first-order chi connectivity index (χ1) is 16.1. The van der Waals surface area contributed by atoms with Crippen LogP contribution in [0.5, 0.6) is 5.75 Å². The van der Waals surface area contributed by atoms with Crippen molar-refractivity contribution in [1.82, 2.24) is 14.7 Å². The molecule has 0 saturated carbocycles. The molecule has 6 heteroatoms. The molecule has 2 fully saturated rings. The molecule has 0 N–H and O–H groups in total. The third kappa shape index (κ3) is 6.35. The molecule has 0 aliphatic carbocycles. The number of methoxy groups -OCH3 is 1. The molecule has 33 heavy (non-hydrogen) atoms. The normalized spacial score (nSPS) is 19.4. The van der Waals surface area contributed by atoms with Gasteiger partial charge in [0.2, 0.25) is 5.91 Å². The van der Waals surface area contributed by atoms with E-state index in [1.165, 1.54) is 5.56 Å². The molecule has 2 saturated heterocycles.